The summed E-state index contributed by atoms with van der Waals surface area (Å²) >= 11 is 11.7. The fraction of sp³-hybridized carbons (Fsp3) is 0.235. The zero-order valence-electron chi connectivity index (χ0n) is 14.8. The first-order chi connectivity index (χ1) is 14.0. The zero-order chi connectivity index (χ0) is 22.1. The molecule has 2 aromatic carbocycles. The van der Waals surface area contributed by atoms with Crippen molar-refractivity contribution in [3.8, 4) is 11.5 Å². The fourth-order valence-corrected chi connectivity index (χ4v) is 4.22. The quantitative estimate of drug-likeness (QED) is 0.626. The van der Waals surface area contributed by atoms with Crippen molar-refractivity contribution in [2.24, 2.45) is 0 Å². The average Bonchev–Trinajstić information content (AvgIpc) is 3.13. The average molecular weight is 486 g/mol. The summed E-state index contributed by atoms with van der Waals surface area (Å²) in [6.07, 6.45) is -4.76. The lowest BCUT2D eigenvalue weighted by molar-refractivity contribution is -0.143. The molecule has 0 spiro atoms. The molecule has 0 amide bonds. The number of rotatable bonds is 6. The maximum absolute atomic E-state index is 12.8. The van der Waals surface area contributed by atoms with Gasteiger partial charge in [0.15, 0.2) is 11.5 Å². The molecule has 162 valence electrons. The van der Waals surface area contributed by atoms with Crippen LogP contribution < -0.4 is 14.2 Å². The van der Waals surface area contributed by atoms with Crippen LogP contribution >= 0.6 is 23.2 Å². The molecule has 1 aliphatic rings. The standard InChI is InChI=1S/C17H12Cl2F3NO6S/c18-11-2-1-10(17(20,21)22)5-14(11)30(25,26)23-6-15(24)27-7-9-3-12(19)16-13(4-9)28-8-29-16/h1-5,23H,6-8H2. The lowest BCUT2D eigenvalue weighted by Crippen LogP contribution is -2.31. The Morgan fingerprint density at radius 2 is 1.87 bits per heavy atom. The van der Waals surface area contributed by atoms with Crippen molar-refractivity contribution >= 4 is 39.2 Å². The molecular formula is C17H12Cl2F3NO6S. The van der Waals surface area contributed by atoms with Gasteiger partial charge >= 0.3 is 12.1 Å². The predicted octanol–water partition coefficient (Wildman–Crippen LogP) is 3.76. The number of benzene rings is 2. The van der Waals surface area contributed by atoms with Crippen molar-refractivity contribution in [1.82, 2.24) is 4.72 Å². The lowest BCUT2D eigenvalue weighted by Gasteiger charge is -2.12. The van der Waals surface area contributed by atoms with E-state index in [0.717, 1.165) is 6.07 Å². The van der Waals surface area contributed by atoms with Gasteiger partial charge in [0.05, 0.1) is 15.6 Å². The number of hydrogen-bond acceptors (Lipinski definition) is 6. The second kappa shape index (κ2) is 8.50. The predicted molar refractivity (Wildman–Crippen MR) is 99.0 cm³/mol. The summed E-state index contributed by atoms with van der Waals surface area (Å²) in [7, 11) is -4.51. The van der Waals surface area contributed by atoms with Gasteiger partial charge in [-0.3, -0.25) is 4.79 Å². The van der Waals surface area contributed by atoms with Gasteiger partial charge in [0, 0.05) is 0 Å². The van der Waals surface area contributed by atoms with E-state index in [-0.39, 0.29) is 18.4 Å². The maximum Gasteiger partial charge on any atom is 0.416 e. The number of hydrogen-bond donors (Lipinski definition) is 1. The van der Waals surface area contributed by atoms with E-state index in [1.165, 1.54) is 12.1 Å². The largest absolute Gasteiger partial charge is 0.460 e. The summed E-state index contributed by atoms with van der Waals surface area (Å²) in [5, 5.41) is -0.185. The lowest BCUT2D eigenvalue weighted by atomic mass is 10.2. The van der Waals surface area contributed by atoms with Gasteiger partial charge in [-0.15, -0.1) is 0 Å². The van der Waals surface area contributed by atoms with Gasteiger partial charge in [-0.25, -0.2) is 8.42 Å². The Labute approximate surface area is 178 Å². The van der Waals surface area contributed by atoms with Gasteiger partial charge in [-0.1, -0.05) is 23.2 Å². The van der Waals surface area contributed by atoms with Gasteiger partial charge in [-0.05, 0) is 35.9 Å². The molecule has 0 atom stereocenters. The van der Waals surface area contributed by atoms with E-state index in [2.05, 4.69) is 0 Å². The molecule has 0 bridgehead atoms. The van der Waals surface area contributed by atoms with E-state index >= 15 is 0 Å². The summed E-state index contributed by atoms with van der Waals surface area (Å²) < 4.78 is 80.1. The number of ether oxygens (including phenoxy) is 3. The molecule has 13 heteroatoms. The van der Waals surface area contributed by atoms with E-state index in [1.54, 1.807) is 0 Å². The molecule has 1 heterocycles. The molecule has 0 fully saturated rings. The summed E-state index contributed by atoms with van der Waals surface area (Å²) in [5.74, 6) is -0.249. The summed E-state index contributed by atoms with van der Waals surface area (Å²) in [4.78, 5) is 11.1. The highest BCUT2D eigenvalue weighted by atomic mass is 35.5. The Morgan fingerprint density at radius 3 is 2.57 bits per heavy atom. The molecule has 0 aliphatic carbocycles. The van der Waals surface area contributed by atoms with Crippen molar-refractivity contribution in [2.45, 2.75) is 17.7 Å². The molecule has 0 saturated carbocycles. The zero-order valence-corrected chi connectivity index (χ0v) is 17.1. The molecule has 0 aromatic heterocycles. The van der Waals surface area contributed by atoms with Gasteiger partial charge in [0.25, 0.3) is 0 Å². The van der Waals surface area contributed by atoms with Crippen LogP contribution in [0.2, 0.25) is 10.0 Å². The molecule has 1 aliphatic heterocycles. The molecule has 0 saturated heterocycles. The number of fused-ring (bicyclic) bond motifs is 1. The highest BCUT2D eigenvalue weighted by Gasteiger charge is 2.33. The van der Waals surface area contributed by atoms with E-state index in [0.29, 0.717) is 29.2 Å². The van der Waals surface area contributed by atoms with Gasteiger partial charge < -0.3 is 14.2 Å². The molecule has 3 rings (SSSR count). The number of halogens is 5. The summed E-state index contributed by atoms with van der Waals surface area (Å²) in [6.45, 7) is -1.08. The van der Waals surface area contributed by atoms with Crippen LogP contribution in [0.4, 0.5) is 13.2 Å². The topological polar surface area (TPSA) is 90.9 Å². The second-order valence-electron chi connectivity index (χ2n) is 5.94. The Morgan fingerprint density at radius 1 is 1.13 bits per heavy atom. The molecule has 0 radical (unpaired) electrons. The van der Waals surface area contributed by atoms with Gasteiger partial charge in [-0.2, -0.15) is 17.9 Å². The van der Waals surface area contributed by atoms with Crippen molar-refractivity contribution < 1.29 is 40.6 Å². The van der Waals surface area contributed by atoms with Crippen LogP contribution in [0.1, 0.15) is 11.1 Å². The summed E-state index contributed by atoms with van der Waals surface area (Å²) in [6, 6.07) is 4.85. The highest BCUT2D eigenvalue weighted by Crippen LogP contribution is 2.40. The minimum atomic E-state index is -4.76. The Bertz CT molecular complexity index is 1090. The third-order valence-corrected chi connectivity index (χ3v) is 6.00. The second-order valence-corrected chi connectivity index (χ2v) is 8.49. The SMILES string of the molecule is O=C(CNS(=O)(=O)c1cc(C(F)(F)F)ccc1Cl)OCc1cc(Cl)c2c(c1)OCO2. The molecule has 1 N–H and O–H groups in total. The van der Waals surface area contributed by atoms with Crippen LogP contribution in [0, 0.1) is 0 Å². The van der Waals surface area contributed by atoms with Gasteiger partial charge in [0.2, 0.25) is 16.8 Å². The summed E-state index contributed by atoms with van der Waals surface area (Å²) in [5.41, 5.74) is -0.740. The molecule has 7 nitrogen and oxygen atoms in total. The smallest absolute Gasteiger partial charge is 0.416 e. The first-order valence-corrected chi connectivity index (χ1v) is 10.3. The Kier molecular flexibility index (Phi) is 6.37. The van der Waals surface area contributed by atoms with Crippen LogP contribution in [-0.4, -0.2) is 27.7 Å². The molecular weight excluding hydrogens is 474 g/mol. The van der Waals surface area contributed by atoms with Crippen molar-refractivity contribution in [3.63, 3.8) is 0 Å². The van der Waals surface area contributed by atoms with Crippen molar-refractivity contribution in [3.05, 3.63) is 51.5 Å². The van der Waals surface area contributed by atoms with Crippen LogP contribution in [0.25, 0.3) is 0 Å². The van der Waals surface area contributed by atoms with Crippen LogP contribution in [0.15, 0.2) is 35.2 Å². The highest BCUT2D eigenvalue weighted by molar-refractivity contribution is 7.89. The number of carbonyl (C=O) groups excluding carboxylic acids is 1. The van der Waals surface area contributed by atoms with E-state index in [9.17, 15) is 26.4 Å². The number of nitrogens with one attached hydrogen (secondary N) is 1. The third-order valence-electron chi connectivity index (χ3n) is 3.84. The van der Waals surface area contributed by atoms with Crippen LogP contribution in [-0.2, 0) is 32.3 Å². The minimum Gasteiger partial charge on any atom is -0.460 e. The van der Waals surface area contributed by atoms with E-state index in [4.69, 9.17) is 37.4 Å². The first kappa shape index (κ1) is 22.5. The number of carbonyl (C=O) groups is 1. The minimum absolute atomic E-state index is 0.00181. The van der Waals surface area contributed by atoms with Crippen LogP contribution in [0.3, 0.4) is 0 Å². The third kappa shape index (κ3) is 5.09. The maximum atomic E-state index is 12.8. The Hall–Kier alpha value is -2.21. The number of sulfonamides is 1. The van der Waals surface area contributed by atoms with Gasteiger partial charge in [0.1, 0.15) is 18.0 Å². The molecule has 30 heavy (non-hydrogen) atoms. The fourth-order valence-electron chi connectivity index (χ4n) is 2.44. The van der Waals surface area contributed by atoms with Crippen molar-refractivity contribution in [2.75, 3.05) is 13.3 Å². The molecule has 2 aromatic rings. The number of alkyl halides is 3. The van der Waals surface area contributed by atoms with E-state index < -0.39 is 44.2 Å². The first-order valence-electron chi connectivity index (χ1n) is 8.07. The Balaban J connectivity index is 1.62. The molecule has 0 unspecified atom stereocenters. The normalized spacial score (nSPS) is 13.4. The van der Waals surface area contributed by atoms with E-state index in [1.807, 2.05) is 4.72 Å². The number of esters is 1. The monoisotopic (exact) mass is 485 g/mol. The van der Waals surface area contributed by atoms with Crippen molar-refractivity contribution in [1.29, 1.82) is 0 Å². The van der Waals surface area contributed by atoms with Crippen LogP contribution in [0.5, 0.6) is 11.5 Å².